The maximum atomic E-state index is 10.6. The highest BCUT2D eigenvalue weighted by Crippen LogP contribution is 2.36. The number of rotatable bonds is 4. The van der Waals surface area contributed by atoms with Crippen LogP contribution in [-0.4, -0.2) is 5.97 Å². The molecule has 0 heterocycles. The molecule has 0 aliphatic heterocycles. The van der Waals surface area contributed by atoms with Gasteiger partial charge in [-0.2, -0.15) is 0 Å². The Bertz CT molecular complexity index is 411. The predicted molar refractivity (Wildman–Crippen MR) is 68.5 cm³/mol. The minimum Gasteiger partial charge on any atom is -0.545 e. The monoisotopic (exact) mass is 293 g/mol. The van der Waals surface area contributed by atoms with E-state index < -0.39 is 5.97 Å². The number of carboxylic acid groups (broad SMARTS) is 1. The Morgan fingerprint density at radius 1 is 1.31 bits per heavy atom. The van der Waals surface area contributed by atoms with E-state index >= 15 is 0 Å². The summed E-state index contributed by atoms with van der Waals surface area (Å²) in [6.07, 6.45) is 1.50. The van der Waals surface area contributed by atoms with Gasteiger partial charge in [0.1, 0.15) is 0 Å². The van der Waals surface area contributed by atoms with Crippen molar-refractivity contribution in [1.82, 2.24) is 0 Å². The van der Waals surface area contributed by atoms with Crippen LogP contribution in [0.3, 0.4) is 0 Å². The van der Waals surface area contributed by atoms with Crippen molar-refractivity contribution in [3.63, 3.8) is 0 Å². The van der Waals surface area contributed by atoms with Gasteiger partial charge in [0, 0.05) is 15.4 Å². The molecule has 0 aromatic heterocycles. The van der Waals surface area contributed by atoms with E-state index in [0.29, 0.717) is 5.56 Å². The van der Waals surface area contributed by atoms with Crippen molar-refractivity contribution in [2.24, 2.45) is 0 Å². The molecule has 0 saturated carbocycles. The Balaban J connectivity index is 3.29. The van der Waals surface area contributed by atoms with Crippen LogP contribution >= 0.6 is 43.3 Å². The lowest BCUT2D eigenvalue weighted by Crippen LogP contribution is -2.22. The quantitative estimate of drug-likeness (QED) is 0.799. The predicted octanol–water partition coefficient (Wildman–Crippen LogP) is 3.33. The Labute approximate surface area is 111 Å². The number of carbonyl (C=O) groups excluding carboxylic acids is 1. The zero-order chi connectivity index (χ0) is 12.1. The van der Waals surface area contributed by atoms with Crippen LogP contribution in [0.4, 0.5) is 0 Å². The van der Waals surface area contributed by atoms with Gasteiger partial charge < -0.3 is 9.90 Å². The first kappa shape index (κ1) is 13.8. The first-order valence-electron chi connectivity index (χ1n) is 4.20. The highest BCUT2D eigenvalue weighted by atomic mass is 35.7. The number of hydrogen-bond donors (Lipinski definition) is 0. The Kier molecular flexibility index (Phi) is 5.55. The molecule has 1 aromatic carbocycles. The van der Waals surface area contributed by atoms with Gasteiger partial charge in [0.05, 0.1) is 5.97 Å². The summed E-state index contributed by atoms with van der Waals surface area (Å²) >= 11 is 0. The molecule has 0 unspecified atom stereocenters. The molecular formula is C10H7Cl2O2S2-. The fourth-order valence-electron chi connectivity index (χ4n) is 1.08. The molecule has 0 saturated heterocycles. The van der Waals surface area contributed by atoms with Gasteiger partial charge in [0.2, 0.25) is 0 Å². The average molecular weight is 294 g/mol. The van der Waals surface area contributed by atoms with Crippen molar-refractivity contribution in [3.05, 3.63) is 29.3 Å². The van der Waals surface area contributed by atoms with E-state index in [2.05, 4.69) is 0 Å². The van der Waals surface area contributed by atoms with E-state index in [1.165, 1.54) is 13.0 Å². The molecule has 0 radical (unpaired) electrons. The van der Waals surface area contributed by atoms with Gasteiger partial charge in [-0.1, -0.05) is 6.07 Å². The zero-order valence-corrected chi connectivity index (χ0v) is 11.3. The van der Waals surface area contributed by atoms with E-state index in [1.807, 2.05) is 0 Å². The van der Waals surface area contributed by atoms with Crippen molar-refractivity contribution < 1.29 is 9.90 Å². The highest BCUT2D eigenvalue weighted by molar-refractivity contribution is 8.21. The molecule has 0 bridgehead atoms. The summed E-state index contributed by atoms with van der Waals surface area (Å²) in [5.74, 6) is -1.21. The van der Waals surface area contributed by atoms with Gasteiger partial charge in [0.25, 0.3) is 0 Å². The SMILES string of the molecule is C/C(=C\c1c(SCl)cccc1SCl)C(=O)[O-]. The molecule has 0 atom stereocenters. The van der Waals surface area contributed by atoms with Crippen molar-refractivity contribution in [1.29, 1.82) is 0 Å². The van der Waals surface area contributed by atoms with Crippen LogP contribution in [0.2, 0.25) is 0 Å². The van der Waals surface area contributed by atoms with Crippen molar-refractivity contribution in [2.75, 3.05) is 0 Å². The Morgan fingerprint density at radius 2 is 1.81 bits per heavy atom. The summed E-state index contributed by atoms with van der Waals surface area (Å²) in [4.78, 5) is 12.2. The molecule has 0 amide bonds. The topological polar surface area (TPSA) is 40.1 Å². The summed E-state index contributed by atoms with van der Waals surface area (Å²) in [6.45, 7) is 1.47. The summed E-state index contributed by atoms with van der Waals surface area (Å²) in [6, 6.07) is 5.40. The molecule has 2 nitrogen and oxygen atoms in total. The fraction of sp³-hybridized carbons (Fsp3) is 0.100. The van der Waals surface area contributed by atoms with Gasteiger partial charge in [-0.05, 0) is 74.0 Å². The van der Waals surface area contributed by atoms with E-state index in [4.69, 9.17) is 21.4 Å². The lowest BCUT2D eigenvalue weighted by molar-refractivity contribution is -0.299. The molecular weight excluding hydrogens is 287 g/mol. The summed E-state index contributed by atoms with van der Waals surface area (Å²) < 4.78 is 0. The van der Waals surface area contributed by atoms with E-state index in [1.54, 1.807) is 18.2 Å². The maximum Gasteiger partial charge on any atom is 0.0672 e. The third-order valence-corrected chi connectivity index (χ3v) is 3.92. The van der Waals surface area contributed by atoms with Crippen LogP contribution in [0.5, 0.6) is 0 Å². The largest absolute Gasteiger partial charge is 0.545 e. The van der Waals surface area contributed by atoms with Gasteiger partial charge in [-0.25, -0.2) is 0 Å². The normalized spacial score (nSPS) is 11.6. The van der Waals surface area contributed by atoms with Crippen LogP contribution < -0.4 is 5.11 Å². The molecule has 86 valence electrons. The fourth-order valence-corrected chi connectivity index (χ4v) is 2.71. The Morgan fingerprint density at radius 3 is 2.19 bits per heavy atom. The van der Waals surface area contributed by atoms with Crippen LogP contribution in [0.25, 0.3) is 6.08 Å². The minimum atomic E-state index is -1.21. The van der Waals surface area contributed by atoms with E-state index in [0.717, 1.165) is 31.7 Å². The summed E-state index contributed by atoms with van der Waals surface area (Å²) in [7, 11) is 13.4. The number of aliphatic carboxylic acids is 1. The molecule has 0 N–H and O–H groups in total. The number of hydrogen-bond acceptors (Lipinski definition) is 4. The zero-order valence-electron chi connectivity index (χ0n) is 8.20. The Hall–Kier alpha value is -0.290. The van der Waals surface area contributed by atoms with Crippen molar-refractivity contribution in [3.8, 4) is 0 Å². The highest BCUT2D eigenvalue weighted by Gasteiger charge is 2.07. The van der Waals surface area contributed by atoms with Gasteiger partial charge in [-0.15, -0.1) is 0 Å². The third-order valence-electron chi connectivity index (χ3n) is 1.88. The van der Waals surface area contributed by atoms with Gasteiger partial charge >= 0.3 is 0 Å². The first-order chi connectivity index (χ1) is 7.60. The minimum absolute atomic E-state index is 0.130. The smallest absolute Gasteiger partial charge is 0.0672 e. The van der Waals surface area contributed by atoms with Crippen LogP contribution in [0, 0.1) is 0 Å². The second-order valence-corrected chi connectivity index (χ2v) is 5.05. The van der Waals surface area contributed by atoms with Gasteiger partial charge in [-0.3, -0.25) is 0 Å². The van der Waals surface area contributed by atoms with Crippen LogP contribution in [0.15, 0.2) is 33.6 Å². The van der Waals surface area contributed by atoms with Crippen molar-refractivity contribution in [2.45, 2.75) is 16.7 Å². The number of carboxylic acids is 1. The van der Waals surface area contributed by atoms with Gasteiger partial charge in [0.15, 0.2) is 0 Å². The van der Waals surface area contributed by atoms with Crippen molar-refractivity contribution >= 4 is 55.4 Å². The molecule has 0 aliphatic rings. The molecule has 1 aromatic rings. The lowest BCUT2D eigenvalue weighted by Gasteiger charge is -2.08. The first-order valence-corrected chi connectivity index (χ1v) is 7.48. The standard InChI is InChI=1S/C10H8Cl2O2S2/c1-6(10(13)14)5-7-8(15-11)3-2-4-9(7)16-12/h2-5H,1H3,(H,13,14)/p-1/b6-5+. The molecule has 0 aliphatic carbocycles. The average Bonchev–Trinajstić information content (AvgIpc) is 2.29. The number of carbonyl (C=O) groups is 1. The summed E-state index contributed by atoms with van der Waals surface area (Å²) in [5, 5.41) is 10.6. The number of benzene rings is 1. The maximum absolute atomic E-state index is 10.6. The summed E-state index contributed by atoms with van der Waals surface area (Å²) in [5.41, 5.74) is 0.828. The third kappa shape index (κ3) is 3.35. The lowest BCUT2D eigenvalue weighted by atomic mass is 10.1. The molecule has 16 heavy (non-hydrogen) atoms. The van der Waals surface area contributed by atoms with Crippen LogP contribution in [-0.2, 0) is 4.79 Å². The molecule has 1 rings (SSSR count). The number of halogens is 2. The molecule has 0 spiro atoms. The van der Waals surface area contributed by atoms with E-state index in [9.17, 15) is 9.90 Å². The molecule has 0 fully saturated rings. The second-order valence-electron chi connectivity index (χ2n) is 2.94. The second kappa shape index (κ2) is 6.45. The molecule has 6 heteroatoms. The van der Waals surface area contributed by atoms with E-state index in [-0.39, 0.29) is 5.57 Å². The van der Waals surface area contributed by atoms with Crippen LogP contribution in [0.1, 0.15) is 12.5 Å².